The van der Waals surface area contributed by atoms with Gasteiger partial charge in [0.05, 0.1) is 42.6 Å². The van der Waals surface area contributed by atoms with Gasteiger partial charge in [0.2, 0.25) is 5.78 Å². The number of carbonyl (C=O) groups is 3. The summed E-state index contributed by atoms with van der Waals surface area (Å²) in [5.41, 5.74) is -2.80. The van der Waals surface area contributed by atoms with Crippen molar-refractivity contribution in [2.75, 3.05) is 27.4 Å². The normalized spacial score (nSPS) is 32.8. The Labute approximate surface area is 284 Å². The molecule has 0 amide bonds. The topological polar surface area (TPSA) is 171 Å². The lowest BCUT2D eigenvalue weighted by Crippen LogP contribution is -2.55. The number of methoxy groups -OCH3 is 2. The molecule has 3 fully saturated rings. The number of morpholine rings is 1. The molecule has 0 spiro atoms. The van der Waals surface area contributed by atoms with Gasteiger partial charge in [0, 0.05) is 61.6 Å². The summed E-state index contributed by atoms with van der Waals surface area (Å²) in [7, 11) is 2.93. The van der Waals surface area contributed by atoms with Crippen molar-refractivity contribution in [2.24, 2.45) is 5.92 Å². The summed E-state index contributed by atoms with van der Waals surface area (Å²) < 4.78 is 35.8. The van der Waals surface area contributed by atoms with Crippen molar-refractivity contribution in [3.05, 3.63) is 51.6 Å². The zero-order valence-electron chi connectivity index (χ0n) is 28.3. The van der Waals surface area contributed by atoms with Gasteiger partial charge in [0.15, 0.2) is 30.4 Å². The van der Waals surface area contributed by atoms with Gasteiger partial charge in [0.25, 0.3) is 0 Å². The quantitative estimate of drug-likeness (QED) is 0.297. The van der Waals surface area contributed by atoms with Gasteiger partial charge >= 0.3 is 0 Å². The third-order valence-corrected chi connectivity index (χ3v) is 10.8. The molecule has 0 bridgehead atoms. The first-order valence-electron chi connectivity index (χ1n) is 16.9. The van der Waals surface area contributed by atoms with Crippen LogP contribution in [0.5, 0.6) is 17.2 Å². The van der Waals surface area contributed by atoms with Gasteiger partial charge in [-0.1, -0.05) is 32.4 Å². The van der Waals surface area contributed by atoms with E-state index in [1.165, 1.54) is 19.2 Å². The largest absolute Gasteiger partial charge is 0.507 e. The zero-order valence-corrected chi connectivity index (χ0v) is 28.3. The molecule has 3 aliphatic heterocycles. The van der Waals surface area contributed by atoms with E-state index in [0.717, 1.165) is 0 Å². The lowest BCUT2D eigenvalue weighted by molar-refractivity contribution is -0.256. The highest BCUT2D eigenvalue weighted by molar-refractivity contribution is 6.31. The summed E-state index contributed by atoms with van der Waals surface area (Å²) in [6.45, 7) is 6.59. The number of ether oxygens (including phenoxy) is 6. The van der Waals surface area contributed by atoms with Crippen LogP contribution in [0.1, 0.15) is 95.5 Å². The van der Waals surface area contributed by atoms with Crippen molar-refractivity contribution in [3.8, 4) is 17.2 Å². The van der Waals surface area contributed by atoms with Gasteiger partial charge in [-0.05, 0) is 19.4 Å². The maximum Gasteiger partial charge on any atom is 0.202 e. The number of hydrogen-bond acceptors (Lipinski definition) is 13. The van der Waals surface area contributed by atoms with E-state index in [0.29, 0.717) is 32.4 Å². The number of benzene rings is 2. The summed E-state index contributed by atoms with van der Waals surface area (Å²) in [6.07, 6.45) is -2.92. The molecule has 0 radical (unpaired) electrons. The van der Waals surface area contributed by atoms with Crippen LogP contribution in [0.4, 0.5) is 0 Å². The maximum absolute atomic E-state index is 14.0. The molecule has 1 unspecified atom stereocenters. The smallest absolute Gasteiger partial charge is 0.202 e. The highest BCUT2D eigenvalue weighted by Gasteiger charge is 2.55. The minimum absolute atomic E-state index is 0.00748. The number of aromatic hydroxyl groups is 2. The molecular weight excluding hydrogens is 638 g/mol. The Morgan fingerprint density at radius 1 is 1.10 bits per heavy atom. The number of aliphatic hydroxyl groups is 1. The molecule has 264 valence electrons. The second-order valence-electron chi connectivity index (χ2n) is 13.7. The van der Waals surface area contributed by atoms with Crippen LogP contribution in [0.25, 0.3) is 0 Å². The van der Waals surface area contributed by atoms with Crippen LogP contribution in [-0.4, -0.2) is 108 Å². The molecule has 2 aromatic rings. The van der Waals surface area contributed by atoms with Crippen molar-refractivity contribution >= 4 is 17.3 Å². The van der Waals surface area contributed by atoms with E-state index < -0.39 is 76.9 Å². The van der Waals surface area contributed by atoms with Crippen LogP contribution in [0.3, 0.4) is 0 Å². The number of phenols is 2. The second kappa shape index (κ2) is 12.7. The minimum atomic E-state index is -2.01. The number of ketones is 3. The second-order valence-corrected chi connectivity index (χ2v) is 13.7. The molecule has 0 aromatic heterocycles. The number of hydrogen-bond donors (Lipinski definition) is 3. The molecule has 3 N–H and O–H groups in total. The average molecular weight is 682 g/mol. The predicted octanol–water partition coefficient (Wildman–Crippen LogP) is 3.16. The first kappa shape index (κ1) is 34.0. The fourth-order valence-electron chi connectivity index (χ4n) is 8.54. The van der Waals surface area contributed by atoms with Crippen LogP contribution in [0.2, 0.25) is 0 Å². The van der Waals surface area contributed by atoms with Crippen molar-refractivity contribution in [1.29, 1.82) is 0 Å². The van der Waals surface area contributed by atoms with E-state index in [1.54, 1.807) is 20.1 Å². The summed E-state index contributed by atoms with van der Waals surface area (Å²) in [6, 6.07) is 4.40. The lowest BCUT2D eigenvalue weighted by atomic mass is 9.70. The van der Waals surface area contributed by atoms with Crippen molar-refractivity contribution < 1.29 is 58.1 Å². The third kappa shape index (κ3) is 5.29. The molecule has 3 saturated heterocycles. The van der Waals surface area contributed by atoms with E-state index in [2.05, 4.69) is 4.90 Å². The van der Waals surface area contributed by atoms with E-state index in [1.807, 2.05) is 13.8 Å². The van der Waals surface area contributed by atoms with Crippen LogP contribution < -0.4 is 4.74 Å². The Balaban J connectivity index is 1.30. The van der Waals surface area contributed by atoms with E-state index in [4.69, 9.17) is 28.4 Å². The third-order valence-electron chi connectivity index (χ3n) is 10.8. The fourth-order valence-corrected chi connectivity index (χ4v) is 8.54. The molecule has 49 heavy (non-hydrogen) atoms. The van der Waals surface area contributed by atoms with E-state index in [9.17, 15) is 29.7 Å². The zero-order chi connectivity index (χ0) is 34.9. The minimum Gasteiger partial charge on any atom is -0.507 e. The van der Waals surface area contributed by atoms with Crippen LogP contribution in [0.15, 0.2) is 18.2 Å². The Kier molecular flexibility index (Phi) is 8.83. The SMILES string of the molecule is CCCC(C)C(=O)[C@]1(O)Cc2c(O)c3c(c(O)c2[C@@H](O[C@H]2C[C@H]4[C@H](O[C@@H]5[C@@H](OC)OCCN54)[C@H](C)O2)C1)C(=O)c1c(OC)cccc1C3=O. The summed E-state index contributed by atoms with van der Waals surface area (Å²) >= 11 is 0. The summed E-state index contributed by atoms with van der Waals surface area (Å²) in [5.74, 6) is -3.34. The highest BCUT2D eigenvalue weighted by Crippen LogP contribution is 2.53. The first-order valence-corrected chi connectivity index (χ1v) is 16.9. The van der Waals surface area contributed by atoms with Crippen molar-refractivity contribution in [2.45, 2.75) is 102 Å². The van der Waals surface area contributed by atoms with E-state index >= 15 is 0 Å². The molecular formula is C36H43NO12. The van der Waals surface area contributed by atoms with Crippen molar-refractivity contribution in [1.82, 2.24) is 4.90 Å². The molecule has 5 aliphatic rings. The number of phenolic OH excluding ortho intramolecular Hbond substituents is 2. The maximum atomic E-state index is 14.0. The van der Waals surface area contributed by atoms with Gasteiger partial charge in [-0.3, -0.25) is 19.3 Å². The van der Waals surface area contributed by atoms with Gasteiger partial charge in [-0.25, -0.2) is 0 Å². The molecule has 7 rings (SSSR count). The predicted molar refractivity (Wildman–Crippen MR) is 171 cm³/mol. The highest BCUT2D eigenvalue weighted by atomic mass is 16.7. The monoisotopic (exact) mass is 681 g/mol. The number of nitrogens with zero attached hydrogens (tertiary/aromatic N) is 1. The van der Waals surface area contributed by atoms with E-state index in [-0.39, 0.29) is 58.6 Å². The first-order chi connectivity index (χ1) is 23.4. The number of Topliss-reactive ketones (excluding diaryl/α,β-unsaturated/α-hetero) is 1. The summed E-state index contributed by atoms with van der Waals surface area (Å²) in [4.78, 5) is 43.9. The molecule has 0 saturated carbocycles. The standard InChI is InChI=1S/C36H43NO12/c1-6-8-16(2)33(42)36(43)14-19-25(31(41)27-26(29(19)39)28(38)18-9-7-10-21(44-4)24(18)30(27)40)22(15-36)48-23-13-20-32(17(3)47-23)49-34-35(45-5)46-12-11-37(20)34/h7,9-10,16-17,20,22-23,32,34-35,39,41,43H,6,8,11-15H2,1-5H3/t16?,17-,20-,22-,23-,32+,34+,35-,36-/m0/s1. The van der Waals surface area contributed by atoms with Crippen LogP contribution >= 0.6 is 0 Å². The van der Waals surface area contributed by atoms with Gasteiger partial charge in [-0.2, -0.15) is 0 Å². The van der Waals surface area contributed by atoms with Crippen molar-refractivity contribution in [3.63, 3.8) is 0 Å². The number of rotatable bonds is 8. The Morgan fingerprint density at radius 3 is 2.57 bits per heavy atom. The molecule has 13 heteroatoms. The molecule has 13 nitrogen and oxygen atoms in total. The van der Waals surface area contributed by atoms with Crippen LogP contribution in [-0.2, 0) is 34.9 Å². The molecule has 2 aromatic carbocycles. The Bertz CT molecular complexity index is 1690. The lowest BCUT2D eigenvalue weighted by Gasteiger charge is -2.43. The Morgan fingerprint density at radius 2 is 1.86 bits per heavy atom. The summed E-state index contributed by atoms with van der Waals surface area (Å²) in [5, 5.41) is 35.8. The number of carbonyl (C=O) groups excluding carboxylic acids is 3. The molecule has 2 aliphatic carbocycles. The van der Waals surface area contributed by atoms with Gasteiger partial charge < -0.3 is 43.7 Å². The molecule has 9 atom stereocenters. The molecule has 3 heterocycles. The number of fused-ring (bicyclic) bond motifs is 6. The average Bonchev–Trinajstić information content (AvgIpc) is 3.47. The Hall–Kier alpha value is -3.43. The van der Waals surface area contributed by atoms with Gasteiger partial charge in [0.1, 0.15) is 29.0 Å². The fraction of sp³-hybridized carbons (Fsp3) is 0.583. The van der Waals surface area contributed by atoms with Crippen LogP contribution in [0, 0.1) is 5.92 Å². The van der Waals surface area contributed by atoms with Gasteiger partial charge in [-0.15, -0.1) is 0 Å².